The number of fused-ring (bicyclic) bond motifs is 1. The van der Waals surface area contributed by atoms with Crippen LogP contribution in [0.5, 0.6) is 0 Å². The van der Waals surface area contributed by atoms with E-state index in [0.717, 1.165) is 5.56 Å². The molecular weight excluding hydrogens is 263 g/mol. The molecule has 0 saturated carbocycles. The van der Waals surface area contributed by atoms with Crippen molar-refractivity contribution in [1.29, 1.82) is 0 Å². The summed E-state index contributed by atoms with van der Waals surface area (Å²) in [5, 5.41) is 5.14. The first-order chi connectivity index (χ1) is 9.22. The molecule has 1 unspecified atom stereocenters. The van der Waals surface area contributed by atoms with Gasteiger partial charge in [0.25, 0.3) is 5.78 Å². The predicted molar refractivity (Wildman–Crippen MR) is 71.5 cm³/mol. The average Bonchev–Trinajstić information content (AvgIpc) is 2.81. The lowest BCUT2D eigenvalue weighted by molar-refractivity contribution is 0.627. The summed E-state index contributed by atoms with van der Waals surface area (Å²) in [5.74, 6) is 0.354. The van der Waals surface area contributed by atoms with Crippen LogP contribution in [-0.4, -0.2) is 19.6 Å². The number of hydrogen-bond acceptors (Lipinski definition) is 4. The van der Waals surface area contributed by atoms with Crippen LogP contribution in [-0.2, 0) is 0 Å². The minimum absolute atomic E-state index is 0.151. The van der Waals surface area contributed by atoms with Crippen molar-refractivity contribution in [3.8, 4) is 0 Å². The first kappa shape index (κ1) is 12.1. The smallest absolute Gasteiger partial charge is 0.220 e. The van der Waals surface area contributed by atoms with Crippen molar-refractivity contribution in [3.05, 3.63) is 54.1 Å². The molecule has 19 heavy (non-hydrogen) atoms. The number of aromatic nitrogens is 4. The Labute approximate surface area is 113 Å². The van der Waals surface area contributed by atoms with E-state index in [-0.39, 0.29) is 11.1 Å². The monoisotopic (exact) mass is 274 g/mol. The molecule has 0 bridgehead atoms. The maximum atomic E-state index is 12.9. The molecule has 0 spiro atoms. The number of halogens is 1. The highest BCUT2D eigenvalue weighted by atomic mass is 32.2. The number of thioether (sulfide) groups is 1. The first-order valence-electron chi connectivity index (χ1n) is 5.82. The molecule has 0 N–H and O–H groups in total. The van der Waals surface area contributed by atoms with Crippen LogP contribution in [0, 0.1) is 5.82 Å². The Morgan fingerprint density at radius 2 is 2.05 bits per heavy atom. The highest BCUT2D eigenvalue weighted by molar-refractivity contribution is 7.99. The Morgan fingerprint density at radius 3 is 2.79 bits per heavy atom. The quantitative estimate of drug-likeness (QED) is 0.688. The van der Waals surface area contributed by atoms with E-state index >= 15 is 0 Å². The SMILES string of the molecule is CC(Sc1nc2ncccn2n1)c1ccc(F)cc1. The molecule has 0 radical (unpaired) electrons. The van der Waals surface area contributed by atoms with Crippen molar-refractivity contribution in [2.24, 2.45) is 0 Å². The second kappa shape index (κ2) is 4.97. The van der Waals surface area contributed by atoms with E-state index in [2.05, 4.69) is 15.1 Å². The highest BCUT2D eigenvalue weighted by Crippen LogP contribution is 2.32. The summed E-state index contributed by atoms with van der Waals surface area (Å²) in [6.07, 6.45) is 3.49. The van der Waals surface area contributed by atoms with Gasteiger partial charge in [-0.05, 0) is 30.7 Å². The van der Waals surface area contributed by atoms with Crippen molar-refractivity contribution >= 4 is 17.5 Å². The van der Waals surface area contributed by atoms with E-state index in [0.29, 0.717) is 10.9 Å². The average molecular weight is 274 g/mol. The van der Waals surface area contributed by atoms with Crippen molar-refractivity contribution in [2.75, 3.05) is 0 Å². The number of rotatable bonds is 3. The Bertz CT molecular complexity index is 662. The molecule has 0 aliphatic carbocycles. The van der Waals surface area contributed by atoms with Gasteiger partial charge in [-0.1, -0.05) is 23.9 Å². The van der Waals surface area contributed by atoms with E-state index in [1.807, 2.05) is 13.1 Å². The van der Waals surface area contributed by atoms with Crippen molar-refractivity contribution in [3.63, 3.8) is 0 Å². The van der Waals surface area contributed by atoms with E-state index in [1.54, 1.807) is 28.9 Å². The third-order valence-electron chi connectivity index (χ3n) is 2.72. The Morgan fingerprint density at radius 1 is 1.26 bits per heavy atom. The van der Waals surface area contributed by atoms with Gasteiger partial charge in [0, 0.05) is 17.6 Å². The maximum absolute atomic E-state index is 12.9. The normalized spacial score (nSPS) is 12.7. The largest absolute Gasteiger partial charge is 0.253 e. The van der Waals surface area contributed by atoms with Gasteiger partial charge in [-0.15, -0.1) is 5.10 Å². The third-order valence-corrected chi connectivity index (χ3v) is 3.73. The Kier molecular flexibility index (Phi) is 3.16. The van der Waals surface area contributed by atoms with Crippen molar-refractivity contribution in [2.45, 2.75) is 17.3 Å². The van der Waals surface area contributed by atoms with Crippen LogP contribution in [0.4, 0.5) is 4.39 Å². The zero-order valence-electron chi connectivity index (χ0n) is 10.2. The first-order valence-corrected chi connectivity index (χ1v) is 6.70. The highest BCUT2D eigenvalue weighted by Gasteiger charge is 2.12. The molecule has 0 saturated heterocycles. The molecule has 0 aliphatic heterocycles. The number of nitrogens with zero attached hydrogens (tertiary/aromatic N) is 4. The standard InChI is InChI=1S/C13H11FN4S/c1-9(10-3-5-11(14)6-4-10)19-13-16-12-15-7-2-8-18(12)17-13/h2-9H,1H3. The van der Waals surface area contributed by atoms with Gasteiger partial charge in [0.15, 0.2) is 0 Å². The van der Waals surface area contributed by atoms with Gasteiger partial charge in [0.2, 0.25) is 5.16 Å². The number of benzene rings is 1. The summed E-state index contributed by atoms with van der Waals surface area (Å²) in [4.78, 5) is 8.45. The maximum Gasteiger partial charge on any atom is 0.253 e. The van der Waals surface area contributed by atoms with E-state index in [1.165, 1.54) is 23.9 Å². The summed E-state index contributed by atoms with van der Waals surface area (Å²) in [5.41, 5.74) is 1.04. The van der Waals surface area contributed by atoms with Gasteiger partial charge >= 0.3 is 0 Å². The van der Waals surface area contributed by atoms with Gasteiger partial charge in [0.1, 0.15) is 5.82 Å². The zero-order valence-corrected chi connectivity index (χ0v) is 11.0. The summed E-state index contributed by atoms with van der Waals surface area (Å²) < 4.78 is 14.5. The number of hydrogen-bond donors (Lipinski definition) is 0. The van der Waals surface area contributed by atoms with Crippen LogP contribution in [0.15, 0.2) is 47.9 Å². The molecule has 0 amide bonds. The van der Waals surface area contributed by atoms with E-state index in [4.69, 9.17) is 0 Å². The summed E-state index contributed by atoms with van der Waals surface area (Å²) in [6.45, 7) is 2.04. The van der Waals surface area contributed by atoms with Gasteiger partial charge in [-0.25, -0.2) is 13.9 Å². The lowest BCUT2D eigenvalue weighted by atomic mass is 10.2. The predicted octanol–water partition coefficient (Wildman–Crippen LogP) is 3.12. The van der Waals surface area contributed by atoms with Crippen LogP contribution in [0.2, 0.25) is 0 Å². The molecule has 1 atom stereocenters. The second-order valence-corrected chi connectivity index (χ2v) is 5.38. The fourth-order valence-corrected chi connectivity index (χ4v) is 2.60. The Hall–Kier alpha value is -1.95. The molecule has 0 aliphatic rings. The molecule has 3 rings (SSSR count). The summed E-state index contributed by atoms with van der Waals surface area (Å²) >= 11 is 1.52. The molecule has 0 fully saturated rings. The van der Waals surface area contributed by atoms with Crippen LogP contribution < -0.4 is 0 Å². The Balaban J connectivity index is 1.82. The second-order valence-electron chi connectivity index (χ2n) is 4.07. The van der Waals surface area contributed by atoms with Gasteiger partial charge in [0.05, 0.1) is 0 Å². The van der Waals surface area contributed by atoms with Gasteiger partial charge in [-0.3, -0.25) is 0 Å². The van der Waals surface area contributed by atoms with Crippen LogP contribution in [0.1, 0.15) is 17.7 Å². The fourth-order valence-electron chi connectivity index (χ4n) is 1.72. The lowest BCUT2D eigenvalue weighted by Gasteiger charge is -2.08. The zero-order chi connectivity index (χ0) is 13.2. The van der Waals surface area contributed by atoms with Gasteiger partial charge in [-0.2, -0.15) is 4.98 Å². The molecule has 2 heterocycles. The van der Waals surface area contributed by atoms with Crippen LogP contribution >= 0.6 is 11.8 Å². The third kappa shape index (κ3) is 2.58. The molecule has 2 aromatic heterocycles. The fraction of sp³-hybridized carbons (Fsp3) is 0.154. The lowest BCUT2D eigenvalue weighted by Crippen LogP contribution is -1.90. The summed E-state index contributed by atoms with van der Waals surface area (Å²) in [7, 11) is 0. The van der Waals surface area contributed by atoms with E-state index < -0.39 is 0 Å². The molecular formula is C13H11FN4S. The molecule has 3 aromatic rings. The van der Waals surface area contributed by atoms with Crippen LogP contribution in [0.3, 0.4) is 0 Å². The van der Waals surface area contributed by atoms with Gasteiger partial charge < -0.3 is 0 Å². The minimum Gasteiger partial charge on any atom is -0.220 e. The minimum atomic E-state index is -0.226. The molecule has 6 heteroatoms. The van der Waals surface area contributed by atoms with E-state index in [9.17, 15) is 4.39 Å². The van der Waals surface area contributed by atoms with Crippen LogP contribution in [0.25, 0.3) is 5.78 Å². The summed E-state index contributed by atoms with van der Waals surface area (Å²) in [6, 6.07) is 8.29. The van der Waals surface area contributed by atoms with Crippen molar-refractivity contribution < 1.29 is 4.39 Å². The molecule has 96 valence electrons. The molecule has 4 nitrogen and oxygen atoms in total. The topological polar surface area (TPSA) is 43.1 Å². The van der Waals surface area contributed by atoms with Crippen molar-refractivity contribution in [1.82, 2.24) is 19.6 Å². The molecule has 1 aromatic carbocycles.